The van der Waals surface area contributed by atoms with Crippen molar-refractivity contribution in [3.05, 3.63) is 223 Å². The van der Waals surface area contributed by atoms with Gasteiger partial charge in [-0.3, -0.25) is 0 Å². The molecule has 9 rings (SSSR count). The number of aromatic hydroxyl groups is 8. The fraction of sp³-hybridized carbons (Fsp3) is 0.156. The Morgan fingerprint density at radius 3 is 0.681 bits per heavy atom. The number of phenolic OH excluding ortho intramolecular Hbond substituents is 8. The van der Waals surface area contributed by atoms with Gasteiger partial charge in [-0.15, -0.1) is 0 Å². The van der Waals surface area contributed by atoms with Crippen molar-refractivity contribution >= 4 is 0 Å². The van der Waals surface area contributed by atoms with E-state index in [4.69, 9.17) is 0 Å². The summed E-state index contributed by atoms with van der Waals surface area (Å²) in [6, 6.07) is 44.6. The van der Waals surface area contributed by atoms with E-state index < -0.39 is 11.8 Å². The molecule has 72 heavy (non-hydrogen) atoms. The van der Waals surface area contributed by atoms with E-state index in [0.717, 1.165) is 44.5 Å². The smallest absolute Gasteiger partial charge is 0.122 e. The lowest BCUT2D eigenvalue weighted by Crippen LogP contribution is -2.10. The van der Waals surface area contributed by atoms with Gasteiger partial charge in [0, 0.05) is 34.1 Å². The molecule has 0 bridgehead atoms. The van der Waals surface area contributed by atoms with Gasteiger partial charge >= 0.3 is 0 Å². The molecule has 0 aliphatic carbocycles. The average Bonchev–Trinajstić information content (AvgIpc) is 3.35. The lowest BCUT2D eigenvalue weighted by molar-refractivity contribution is 0.454. The molecule has 8 nitrogen and oxygen atoms in total. The highest BCUT2D eigenvalue weighted by Crippen LogP contribution is 2.50. The Morgan fingerprint density at radius 1 is 0.236 bits per heavy atom. The molecule has 0 fully saturated rings. The molecule has 9 aromatic rings. The van der Waals surface area contributed by atoms with Crippen molar-refractivity contribution in [2.45, 2.75) is 67.2 Å². The summed E-state index contributed by atoms with van der Waals surface area (Å²) in [6.45, 7) is 14.7. The van der Waals surface area contributed by atoms with Crippen molar-refractivity contribution in [3.63, 3.8) is 0 Å². The van der Waals surface area contributed by atoms with Crippen LogP contribution in [0.25, 0.3) is 44.5 Å². The molecular formula is C64H58O8. The molecule has 0 aliphatic rings. The van der Waals surface area contributed by atoms with Crippen molar-refractivity contribution < 1.29 is 40.9 Å². The molecule has 362 valence electrons. The average molecular weight is 955 g/mol. The summed E-state index contributed by atoms with van der Waals surface area (Å²) >= 11 is 0. The maximum Gasteiger partial charge on any atom is 0.122 e. The molecule has 0 spiro atoms. The van der Waals surface area contributed by atoms with Crippen LogP contribution in [0.4, 0.5) is 0 Å². The monoisotopic (exact) mass is 954 g/mol. The SMILES string of the molecule is Cc1cc(-c2cc(C)c(O)c(C(c3cccc(C(c4cc(-c5ccc(O)c(C)c5)cc(C)c4O)c4cc(-c5ccc(O)c(C)c5)cc(C)c4O)c3)c3cc(-c4ccc(O)c(C)c4)cc(C)c3O)c2)ccc1O. The van der Waals surface area contributed by atoms with Crippen molar-refractivity contribution in [2.75, 3.05) is 0 Å². The summed E-state index contributed by atoms with van der Waals surface area (Å²) in [5.74, 6) is -0.876. The Morgan fingerprint density at radius 2 is 0.458 bits per heavy atom. The van der Waals surface area contributed by atoms with Gasteiger partial charge < -0.3 is 40.9 Å². The van der Waals surface area contributed by atoms with Crippen LogP contribution in [0.2, 0.25) is 0 Å². The van der Waals surface area contributed by atoms with Crippen LogP contribution in [0, 0.1) is 55.4 Å². The van der Waals surface area contributed by atoms with Crippen molar-refractivity contribution in [3.8, 4) is 90.5 Å². The summed E-state index contributed by atoms with van der Waals surface area (Å²) in [6.07, 6.45) is 0. The van der Waals surface area contributed by atoms with Crippen LogP contribution in [0.15, 0.2) is 146 Å². The van der Waals surface area contributed by atoms with Gasteiger partial charge in [0.15, 0.2) is 0 Å². The predicted octanol–water partition coefficient (Wildman–Crippen LogP) is 14.8. The molecule has 9 aromatic carbocycles. The van der Waals surface area contributed by atoms with Crippen LogP contribution < -0.4 is 0 Å². The molecule has 0 atom stereocenters. The minimum atomic E-state index is -0.817. The zero-order valence-corrected chi connectivity index (χ0v) is 41.6. The standard InChI is InChI=1S/C64H58O8/c1-33-20-41(12-16-55(33)65)47-24-37(5)61(69)51(29-47)59(52-30-48(25-38(6)62(52)70)42-13-17-56(66)34(2)21-42)45-10-9-11-46(28-45)60(53-31-49(26-39(7)63(53)71)43-14-18-57(67)35(3)22-43)54-32-50(27-40(8)64(54)72)44-15-19-58(68)36(4)23-44/h9-32,59-60,65-72H,1-8H3. The second-order valence-corrected chi connectivity index (χ2v) is 19.5. The topological polar surface area (TPSA) is 162 Å². The van der Waals surface area contributed by atoms with E-state index in [1.807, 2.05) is 177 Å². The Bertz CT molecular complexity index is 3180. The normalized spacial score (nSPS) is 11.5. The zero-order valence-electron chi connectivity index (χ0n) is 41.6. The van der Waals surface area contributed by atoms with Crippen LogP contribution in [-0.2, 0) is 0 Å². The van der Waals surface area contributed by atoms with E-state index in [1.54, 1.807) is 24.3 Å². The van der Waals surface area contributed by atoms with Crippen LogP contribution in [-0.4, -0.2) is 40.9 Å². The van der Waals surface area contributed by atoms with Crippen molar-refractivity contribution in [2.24, 2.45) is 0 Å². The number of phenols is 8. The van der Waals surface area contributed by atoms with E-state index in [0.29, 0.717) is 77.9 Å². The molecule has 8 N–H and O–H groups in total. The second kappa shape index (κ2) is 18.9. The van der Waals surface area contributed by atoms with Gasteiger partial charge in [0.2, 0.25) is 0 Å². The molecule has 0 heterocycles. The van der Waals surface area contributed by atoms with Gasteiger partial charge in [-0.25, -0.2) is 0 Å². The summed E-state index contributed by atoms with van der Waals surface area (Å²) < 4.78 is 0. The van der Waals surface area contributed by atoms with Gasteiger partial charge in [0.05, 0.1) is 0 Å². The second-order valence-electron chi connectivity index (χ2n) is 19.5. The first kappa shape index (κ1) is 48.4. The first-order valence-corrected chi connectivity index (χ1v) is 23.9. The highest BCUT2D eigenvalue weighted by molar-refractivity contribution is 5.76. The van der Waals surface area contributed by atoms with Gasteiger partial charge in [0.25, 0.3) is 0 Å². The maximum absolute atomic E-state index is 12.3. The summed E-state index contributed by atoms with van der Waals surface area (Å²) in [5.41, 5.74) is 14.9. The highest BCUT2D eigenvalue weighted by Gasteiger charge is 2.31. The van der Waals surface area contributed by atoms with Crippen molar-refractivity contribution in [1.29, 1.82) is 0 Å². The Balaban J connectivity index is 1.35. The van der Waals surface area contributed by atoms with E-state index in [-0.39, 0.29) is 46.0 Å². The fourth-order valence-corrected chi connectivity index (χ4v) is 10.1. The van der Waals surface area contributed by atoms with Gasteiger partial charge in [-0.1, -0.05) is 48.5 Å². The molecule has 0 amide bonds. The number of hydrogen-bond donors (Lipinski definition) is 8. The molecular weight excluding hydrogens is 897 g/mol. The quantitative estimate of drug-likeness (QED) is 0.0629. The van der Waals surface area contributed by atoms with Crippen LogP contribution in [0.3, 0.4) is 0 Å². The molecule has 0 saturated heterocycles. The van der Waals surface area contributed by atoms with Crippen LogP contribution in [0.5, 0.6) is 46.0 Å². The first-order valence-electron chi connectivity index (χ1n) is 23.9. The predicted molar refractivity (Wildman–Crippen MR) is 287 cm³/mol. The Hall–Kier alpha value is -8.62. The first-order chi connectivity index (χ1) is 34.3. The van der Waals surface area contributed by atoms with Crippen LogP contribution in [0.1, 0.15) is 89.7 Å². The maximum atomic E-state index is 12.3. The minimum Gasteiger partial charge on any atom is -0.508 e. The van der Waals surface area contributed by atoms with Gasteiger partial charge in [0.1, 0.15) is 46.0 Å². The van der Waals surface area contributed by atoms with E-state index >= 15 is 0 Å². The summed E-state index contributed by atoms with van der Waals surface area (Å²) in [7, 11) is 0. The van der Waals surface area contributed by atoms with Crippen LogP contribution >= 0.6 is 0 Å². The largest absolute Gasteiger partial charge is 0.508 e. The Labute approximate surface area is 420 Å². The van der Waals surface area contributed by atoms with Crippen molar-refractivity contribution in [1.82, 2.24) is 0 Å². The molecule has 0 aliphatic heterocycles. The van der Waals surface area contributed by atoms with Gasteiger partial charge in [-0.2, -0.15) is 0 Å². The third kappa shape index (κ3) is 9.03. The van der Waals surface area contributed by atoms with E-state index in [2.05, 4.69) is 0 Å². The van der Waals surface area contributed by atoms with Gasteiger partial charge in [-0.05, 0) is 253 Å². The number of rotatable bonds is 10. The molecule has 0 radical (unpaired) electrons. The molecule has 8 heteroatoms. The fourth-order valence-electron chi connectivity index (χ4n) is 10.1. The molecule has 0 unspecified atom stereocenters. The number of aryl methyl sites for hydroxylation is 8. The lowest BCUT2D eigenvalue weighted by atomic mass is 9.77. The third-order valence-corrected chi connectivity index (χ3v) is 14.3. The number of hydrogen-bond acceptors (Lipinski definition) is 8. The Kier molecular flexibility index (Phi) is 12.7. The minimum absolute atomic E-state index is 0.0273. The highest BCUT2D eigenvalue weighted by atomic mass is 16.3. The van der Waals surface area contributed by atoms with E-state index in [1.165, 1.54) is 0 Å². The number of benzene rings is 9. The summed E-state index contributed by atoms with van der Waals surface area (Å²) in [5, 5.41) is 91.4. The zero-order chi connectivity index (χ0) is 51.4. The third-order valence-electron chi connectivity index (χ3n) is 14.3. The molecule has 0 aromatic heterocycles. The lowest BCUT2D eigenvalue weighted by Gasteiger charge is -2.27. The summed E-state index contributed by atoms with van der Waals surface area (Å²) in [4.78, 5) is 0. The van der Waals surface area contributed by atoms with E-state index in [9.17, 15) is 40.9 Å². The molecule has 0 saturated carbocycles.